The minimum atomic E-state index is -0.793. The van der Waals surface area contributed by atoms with Crippen LogP contribution >= 0.6 is 0 Å². The first kappa shape index (κ1) is 14.3. The van der Waals surface area contributed by atoms with Crippen LogP contribution in [0.25, 0.3) is 0 Å². The van der Waals surface area contributed by atoms with Gasteiger partial charge in [-0.2, -0.15) is 0 Å². The second-order valence-electron chi connectivity index (χ2n) is 6.43. The van der Waals surface area contributed by atoms with Gasteiger partial charge in [0.15, 0.2) is 11.6 Å². The second kappa shape index (κ2) is 5.08. The number of benzene rings is 1. The quantitative estimate of drug-likeness (QED) is 0.841. The van der Waals surface area contributed by atoms with Crippen molar-refractivity contribution in [3.8, 4) is 0 Å². The average Bonchev–Trinajstić information content (AvgIpc) is 2.32. The third kappa shape index (κ3) is 3.06. The van der Waals surface area contributed by atoms with E-state index in [1.54, 1.807) is 6.07 Å². The summed E-state index contributed by atoms with van der Waals surface area (Å²) in [5.74, 6) is -1.57. The zero-order valence-electron chi connectivity index (χ0n) is 12.0. The van der Waals surface area contributed by atoms with E-state index in [1.165, 1.54) is 12.1 Å². The van der Waals surface area contributed by atoms with Gasteiger partial charge in [0.2, 0.25) is 0 Å². The van der Waals surface area contributed by atoms with Crippen molar-refractivity contribution in [3.05, 3.63) is 29.8 Å². The van der Waals surface area contributed by atoms with Gasteiger partial charge in [-0.25, -0.2) is 8.78 Å². The molecular weight excluding hydrogens is 246 g/mol. The SMILES string of the molecule is CC1CNC(C(C)(C)C)CN1c1ccc(F)c(F)c1. The van der Waals surface area contributed by atoms with Crippen molar-refractivity contribution in [2.45, 2.75) is 39.8 Å². The predicted molar refractivity (Wildman–Crippen MR) is 74.4 cm³/mol. The Bertz CT molecular complexity index is 454. The minimum Gasteiger partial charge on any atom is -0.366 e. The topological polar surface area (TPSA) is 15.3 Å². The molecule has 1 aromatic carbocycles. The highest BCUT2D eigenvalue weighted by Crippen LogP contribution is 2.27. The summed E-state index contributed by atoms with van der Waals surface area (Å²) in [6, 6.07) is 4.74. The standard InChI is InChI=1S/C15H22F2N2/c1-10-8-18-14(15(2,3)4)9-19(10)11-5-6-12(16)13(17)7-11/h5-7,10,14,18H,8-9H2,1-4H3. The summed E-state index contributed by atoms with van der Waals surface area (Å²) in [6.07, 6.45) is 0. The molecule has 0 saturated carbocycles. The normalized spacial score (nSPS) is 24.6. The predicted octanol–water partition coefficient (Wildman–Crippen LogP) is 3.18. The fraction of sp³-hybridized carbons (Fsp3) is 0.600. The molecule has 0 spiro atoms. The summed E-state index contributed by atoms with van der Waals surface area (Å²) in [5, 5.41) is 3.53. The number of hydrogen-bond acceptors (Lipinski definition) is 2. The summed E-state index contributed by atoms with van der Waals surface area (Å²) in [7, 11) is 0. The van der Waals surface area contributed by atoms with Crippen LogP contribution in [0.3, 0.4) is 0 Å². The first-order chi connectivity index (χ1) is 8.79. The molecule has 1 saturated heterocycles. The molecule has 2 unspecified atom stereocenters. The van der Waals surface area contributed by atoms with Crippen molar-refractivity contribution in [1.29, 1.82) is 0 Å². The van der Waals surface area contributed by atoms with Gasteiger partial charge in [-0.3, -0.25) is 0 Å². The lowest BCUT2D eigenvalue weighted by Crippen LogP contribution is -2.59. The van der Waals surface area contributed by atoms with Gasteiger partial charge in [0.05, 0.1) is 0 Å². The molecule has 1 aliphatic rings. The van der Waals surface area contributed by atoms with Crippen molar-refractivity contribution < 1.29 is 8.78 Å². The highest BCUT2D eigenvalue weighted by molar-refractivity contribution is 5.48. The van der Waals surface area contributed by atoms with Crippen LogP contribution in [-0.4, -0.2) is 25.2 Å². The number of nitrogens with one attached hydrogen (secondary N) is 1. The van der Waals surface area contributed by atoms with Crippen molar-refractivity contribution in [1.82, 2.24) is 5.32 Å². The van der Waals surface area contributed by atoms with Crippen molar-refractivity contribution in [2.24, 2.45) is 5.41 Å². The van der Waals surface area contributed by atoms with Crippen LogP contribution in [0.2, 0.25) is 0 Å². The molecule has 1 fully saturated rings. The number of nitrogens with zero attached hydrogens (tertiary/aromatic N) is 1. The van der Waals surface area contributed by atoms with E-state index in [2.05, 4.69) is 37.9 Å². The summed E-state index contributed by atoms with van der Waals surface area (Å²) >= 11 is 0. The molecule has 2 atom stereocenters. The van der Waals surface area contributed by atoms with E-state index < -0.39 is 11.6 Å². The minimum absolute atomic E-state index is 0.136. The van der Waals surface area contributed by atoms with E-state index >= 15 is 0 Å². The summed E-state index contributed by atoms with van der Waals surface area (Å²) in [6.45, 7) is 10.3. The maximum atomic E-state index is 13.4. The molecule has 2 nitrogen and oxygen atoms in total. The van der Waals surface area contributed by atoms with Gasteiger partial charge in [-0.05, 0) is 24.5 Å². The molecule has 4 heteroatoms. The molecule has 1 N–H and O–H groups in total. The van der Waals surface area contributed by atoms with E-state index in [-0.39, 0.29) is 11.5 Å². The van der Waals surface area contributed by atoms with E-state index in [0.717, 1.165) is 18.8 Å². The van der Waals surface area contributed by atoms with Gasteiger partial charge < -0.3 is 10.2 Å². The maximum absolute atomic E-state index is 13.4. The molecule has 0 aliphatic carbocycles. The zero-order chi connectivity index (χ0) is 14.2. The molecular formula is C15H22F2N2. The lowest BCUT2D eigenvalue weighted by atomic mass is 9.84. The molecule has 0 amide bonds. The first-order valence-electron chi connectivity index (χ1n) is 6.74. The van der Waals surface area contributed by atoms with Crippen LogP contribution in [-0.2, 0) is 0 Å². The van der Waals surface area contributed by atoms with Crippen LogP contribution in [0.1, 0.15) is 27.7 Å². The number of hydrogen-bond donors (Lipinski definition) is 1. The van der Waals surface area contributed by atoms with Gasteiger partial charge in [-0.1, -0.05) is 20.8 Å². The van der Waals surface area contributed by atoms with Crippen LogP contribution < -0.4 is 10.2 Å². The molecule has 2 rings (SSSR count). The monoisotopic (exact) mass is 268 g/mol. The number of piperazine rings is 1. The van der Waals surface area contributed by atoms with Crippen LogP contribution in [0.5, 0.6) is 0 Å². The molecule has 1 aliphatic heterocycles. The Morgan fingerprint density at radius 3 is 2.47 bits per heavy atom. The Morgan fingerprint density at radius 1 is 1.21 bits per heavy atom. The molecule has 1 aromatic rings. The highest BCUT2D eigenvalue weighted by atomic mass is 19.2. The van der Waals surface area contributed by atoms with Crippen molar-refractivity contribution >= 4 is 5.69 Å². The Balaban J connectivity index is 2.23. The third-order valence-corrected chi connectivity index (χ3v) is 3.85. The number of rotatable bonds is 1. The Hall–Kier alpha value is -1.16. The van der Waals surface area contributed by atoms with E-state index in [9.17, 15) is 8.78 Å². The highest BCUT2D eigenvalue weighted by Gasteiger charge is 2.32. The lowest BCUT2D eigenvalue weighted by Gasteiger charge is -2.45. The molecule has 0 aromatic heterocycles. The maximum Gasteiger partial charge on any atom is 0.160 e. The Morgan fingerprint density at radius 2 is 1.89 bits per heavy atom. The fourth-order valence-electron chi connectivity index (χ4n) is 2.47. The lowest BCUT2D eigenvalue weighted by molar-refractivity contribution is 0.239. The molecule has 0 bridgehead atoms. The van der Waals surface area contributed by atoms with Crippen LogP contribution in [0.4, 0.5) is 14.5 Å². The van der Waals surface area contributed by atoms with Gasteiger partial charge in [0.25, 0.3) is 0 Å². The van der Waals surface area contributed by atoms with Gasteiger partial charge in [-0.15, -0.1) is 0 Å². The van der Waals surface area contributed by atoms with E-state index in [0.29, 0.717) is 6.04 Å². The van der Waals surface area contributed by atoms with Crippen LogP contribution in [0.15, 0.2) is 18.2 Å². The largest absolute Gasteiger partial charge is 0.366 e. The van der Waals surface area contributed by atoms with Crippen molar-refractivity contribution in [2.75, 3.05) is 18.0 Å². The zero-order valence-corrected chi connectivity index (χ0v) is 12.0. The Labute approximate surface area is 113 Å². The van der Waals surface area contributed by atoms with E-state index in [1.807, 2.05) is 0 Å². The van der Waals surface area contributed by atoms with Gasteiger partial charge in [0.1, 0.15) is 0 Å². The summed E-state index contributed by atoms with van der Waals surface area (Å²) < 4.78 is 26.4. The smallest absolute Gasteiger partial charge is 0.160 e. The van der Waals surface area contributed by atoms with Crippen LogP contribution in [0, 0.1) is 17.0 Å². The molecule has 19 heavy (non-hydrogen) atoms. The Kier molecular flexibility index (Phi) is 3.81. The van der Waals surface area contributed by atoms with Gasteiger partial charge in [0, 0.05) is 36.9 Å². The van der Waals surface area contributed by atoms with Crippen molar-refractivity contribution in [3.63, 3.8) is 0 Å². The molecule has 106 valence electrons. The second-order valence-corrected chi connectivity index (χ2v) is 6.43. The molecule has 0 radical (unpaired) electrons. The molecule has 1 heterocycles. The van der Waals surface area contributed by atoms with Gasteiger partial charge >= 0.3 is 0 Å². The fourth-order valence-corrected chi connectivity index (χ4v) is 2.47. The number of anilines is 1. The number of halogens is 2. The summed E-state index contributed by atoms with van der Waals surface area (Å²) in [5.41, 5.74) is 0.888. The third-order valence-electron chi connectivity index (χ3n) is 3.85. The average molecular weight is 268 g/mol. The summed E-state index contributed by atoms with van der Waals surface area (Å²) in [4.78, 5) is 2.15. The first-order valence-corrected chi connectivity index (χ1v) is 6.74. The van der Waals surface area contributed by atoms with E-state index in [4.69, 9.17) is 0 Å².